The first kappa shape index (κ1) is 15.3. The van der Waals surface area contributed by atoms with Gasteiger partial charge in [0, 0.05) is 11.1 Å². The number of aliphatic carboxylic acids is 1. The summed E-state index contributed by atoms with van der Waals surface area (Å²) >= 11 is 5.91. The molecule has 1 aromatic rings. The smallest absolute Gasteiger partial charge is 0.308 e. The van der Waals surface area contributed by atoms with Gasteiger partial charge in [-0.3, -0.25) is 9.59 Å². The molecule has 3 rings (SSSR count). The van der Waals surface area contributed by atoms with Gasteiger partial charge in [0.1, 0.15) is 0 Å². The number of halogens is 1. The predicted octanol–water partition coefficient (Wildman–Crippen LogP) is 3.13. The molecule has 2 aliphatic carbocycles. The zero-order valence-corrected chi connectivity index (χ0v) is 13.1. The second-order valence-corrected chi connectivity index (χ2v) is 6.83. The zero-order valence-electron chi connectivity index (χ0n) is 12.3. The largest absolute Gasteiger partial charge is 0.481 e. The summed E-state index contributed by atoms with van der Waals surface area (Å²) in [4.78, 5) is 24.1. The molecule has 0 heterocycles. The van der Waals surface area contributed by atoms with Crippen molar-refractivity contribution < 1.29 is 14.7 Å². The number of benzene rings is 1. The first-order valence-electron chi connectivity index (χ1n) is 7.83. The van der Waals surface area contributed by atoms with Crippen LogP contribution < -0.4 is 5.32 Å². The summed E-state index contributed by atoms with van der Waals surface area (Å²) < 4.78 is 0. The Morgan fingerprint density at radius 3 is 2.36 bits per heavy atom. The molecule has 2 aliphatic rings. The van der Waals surface area contributed by atoms with Crippen molar-refractivity contribution in [3.8, 4) is 0 Å². The highest BCUT2D eigenvalue weighted by Crippen LogP contribution is 2.49. The number of carbonyl (C=O) groups excluding carboxylic acids is 1. The van der Waals surface area contributed by atoms with Crippen molar-refractivity contribution in [3.63, 3.8) is 0 Å². The van der Waals surface area contributed by atoms with Crippen molar-refractivity contribution in [2.24, 2.45) is 5.92 Å². The van der Waals surface area contributed by atoms with E-state index < -0.39 is 17.3 Å². The Balaban J connectivity index is 1.73. The van der Waals surface area contributed by atoms with E-state index >= 15 is 0 Å². The Labute approximate surface area is 134 Å². The topological polar surface area (TPSA) is 66.4 Å². The van der Waals surface area contributed by atoms with Crippen LogP contribution in [-0.2, 0) is 15.0 Å². The molecule has 0 aromatic heterocycles. The molecule has 0 aliphatic heterocycles. The van der Waals surface area contributed by atoms with E-state index in [1.807, 2.05) is 12.1 Å². The molecule has 118 valence electrons. The van der Waals surface area contributed by atoms with Gasteiger partial charge < -0.3 is 10.4 Å². The first-order chi connectivity index (χ1) is 10.5. The quantitative estimate of drug-likeness (QED) is 0.895. The normalized spacial score (nSPS) is 26.2. The standard InChI is InChI=1S/C17H20ClNO3/c18-12-7-5-11(6-8-12)17(9-10-17)16(22)19-14-4-2-1-3-13(14)15(20)21/h5-8,13-14H,1-4,9-10H2,(H,19,22)(H,20,21)/t13-,14-/m1/s1. The lowest BCUT2D eigenvalue weighted by atomic mass is 9.83. The minimum atomic E-state index is -0.804. The van der Waals surface area contributed by atoms with E-state index in [0.717, 1.165) is 37.7 Å². The fourth-order valence-electron chi connectivity index (χ4n) is 3.45. The maximum absolute atomic E-state index is 12.7. The van der Waals surface area contributed by atoms with Crippen LogP contribution in [-0.4, -0.2) is 23.0 Å². The lowest BCUT2D eigenvalue weighted by Gasteiger charge is -2.30. The molecule has 2 fully saturated rings. The minimum Gasteiger partial charge on any atom is -0.481 e. The number of carbonyl (C=O) groups is 2. The van der Waals surface area contributed by atoms with Crippen molar-refractivity contribution in [2.45, 2.75) is 50.0 Å². The average Bonchev–Trinajstić information content (AvgIpc) is 3.30. The van der Waals surface area contributed by atoms with E-state index in [-0.39, 0.29) is 11.9 Å². The third-order valence-electron chi connectivity index (χ3n) is 4.98. The number of amides is 1. The van der Waals surface area contributed by atoms with Crippen LogP contribution in [0.1, 0.15) is 44.1 Å². The van der Waals surface area contributed by atoms with Crippen LogP contribution in [0.4, 0.5) is 0 Å². The molecule has 1 aromatic carbocycles. The highest BCUT2D eigenvalue weighted by atomic mass is 35.5. The summed E-state index contributed by atoms with van der Waals surface area (Å²) in [7, 11) is 0. The second-order valence-electron chi connectivity index (χ2n) is 6.40. The Morgan fingerprint density at radius 1 is 1.14 bits per heavy atom. The molecule has 1 amide bonds. The van der Waals surface area contributed by atoms with Crippen LogP contribution in [0.5, 0.6) is 0 Å². The van der Waals surface area contributed by atoms with E-state index in [1.54, 1.807) is 12.1 Å². The van der Waals surface area contributed by atoms with Crippen molar-refractivity contribution in [3.05, 3.63) is 34.9 Å². The van der Waals surface area contributed by atoms with Gasteiger partial charge in [-0.2, -0.15) is 0 Å². The molecule has 0 radical (unpaired) electrons. The molecule has 0 saturated heterocycles. The number of nitrogens with one attached hydrogen (secondary N) is 1. The highest BCUT2D eigenvalue weighted by Gasteiger charge is 2.52. The molecule has 0 spiro atoms. The summed E-state index contributed by atoms with van der Waals surface area (Å²) in [5, 5.41) is 13.0. The van der Waals surface area contributed by atoms with Crippen LogP contribution in [0.25, 0.3) is 0 Å². The van der Waals surface area contributed by atoms with E-state index in [4.69, 9.17) is 11.6 Å². The second kappa shape index (κ2) is 5.92. The van der Waals surface area contributed by atoms with Gasteiger partial charge in [0.25, 0.3) is 0 Å². The van der Waals surface area contributed by atoms with Gasteiger partial charge in [0.2, 0.25) is 5.91 Å². The molecule has 22 heavy (non-hydrogen) atoms. The summed E-state index contributed by atoms with van der Waals surface area (Å²) in [6.07, 6.45) is 4.91. The molecule has 2 N–H and O–H groups in total. The van der Waals surface area contributed by atoms with Crippen LogP contribution in [0, 0.1) is 5.92 Å². The molecule has 4 nitrogen and oxygen atoms in total. The van der Waals surface area contributed by atoms with Crippen LogP contribution in [0.3, 0.4) is 0 Å². The van der Waals surface area contributed by atoms with Gasteiger partial charge in [-0.1, -0.05) is 36.6 Å². The van der Waals surface area contributed by atoms with Gasteiger partial charge in [0.15, 0.2) is 0 Å². The Morgan fingerprint density at radius 2 is 1.77 bits per heavy atom. The minimum absolute atomic E-state index is 0.0343. The highest BCUT2D eigenvalue weighted by molar-refractivity contribution is 6.30. The van der Waals surface area contributed by atoms with E-state index in [1.165, 1.54) is 0 Å². The summed E-state index contributed by atoms with van der Waals surface area (Å²) in [6.45, 7) is 0. The van der Waals surface area contributed by atoms with Gasteiger partial charge in [0.05, 0.1) is 11.3 Å². The van der Waals surface area contributed by atoms with Crippen molar-refractivity contribution in [1.82, 2.24) is 5.32 Å². The summed E-state index contributed by atoms with van der Waals surface area (Å²) in [5.74, 6) is -1.30. The van der Waals surface area contributed by atoms with E-state index in [9.17, 15) is 14.7 Å². The molecule has 0 unspecified atom stereocenters. The molecule has 5 heteroatoms. The van der Waals surface area contributed by atoms with Crippen molar-refractivity contribution >= 4 is 23.5 Å². The zero-order chi connectivity index (χ0) is 15.7. The maximum Gasteiger partial charge on any atom is 0.308 e. The SMILES string of the molecule is O=C(O)[C@@H]1CCCC[C@H]1NC(=O)C1(c2ccc(Cl)cc2)CC1. The lowest BCUT2D eigenvalue weighted by Crippen LogP contribution is -2.48. The number of hydrogen-bond acceptors (Lipinski definition) is 2. The third-order valence-corrected chi connectivity index (χ3v) is 5.23. The number of carboxylic acid groups (broad SMARTS) is 1. The van der Waals surface area contributed by atoms with E-state index in [2.05, 4.69) is 5.32 Å². The molecular formula is C17H20ClNO3. The Hall–Kier alpha value is -1.55. The number of hydrogen-bond donors (Lipinski definition) is 2. The van der Waals surface area contributed by atoms with Crippen LogP contribution in [0.2, 0.25) is 5.02 Å². The maximum atomic E-state index is 12.7. The van der Waals surface area contributed by atoms with Crippen LogP contribution in [0.15, 0.2) is 24.3 Å². The first-order valence-corrected chi connectivity index (χ1v) is 8.20. The fraction of sp³-hybridized carbons (Fsp3) is 0.529. The van der Waals surface area contributed by atoms with Gasteiger partial charge >= 0.3 is 5.97 Å². The third kappa shape index (κ3) is 2.84. The molecular weight excluding hydrogens is 302 g/mol. The molecule has 2 atom stereocenters. The van der Waals surface area contributed by atoms with Crippen LogP contribution >= 0.6 is 11.6 Å². The van der Waals surface area contributed by atoms with Crippen molar-refractivity contribution in [2.75, 3.05) is 0 Å². The molecule has 0 bridgehead atoms. The Kier molecular flexibility index (Phi) is 4.13. The van der Waals surface area contributed by atoms with E-state index in [0.29, 0.717) is 11.4 Å². The monoisotopic (exact) mass is 321 g/mol. The average molecular weight is 322 g/mol. The van der Waals surface area contributed by atoms with Crippen molar-refractivity contribution in [1.29, 1.82) is 0 Å². The van der Waals surface area contributed by atoms with Gasteiger partial charge in [-0.15, -0.1) is 0 Å². The lowest BCUT2D eigenvalue weighted by molar-refractivity contribution is -0.144. The summed E-state index contributed by atoms with van der Waals surface area (Å²) in [5.41, 5.74) is 0.488. The van der Waals surface area contributed by atoms with Gasteiger partial charge in [-0.05, 0) is 43.4 Å². The predicted molar refractivity (Wildman–Crippen MR) is 83.9 cm³/mol. The van der Waals surface area contributed by atoms with Gasteiger partial charge in [-0.25, -0.2) is 0 Å². The number of carboxylic acids is 1. The fourth-order valence-corrected chi connectivity index (χ4v) is 3.57. The summed E-state index contributed by atoms with van der Waals surface area (Å²) in [6, 6.07) is 7.13. The molecule has 2 saturated carbocycles. The number of rotatable bonds is 4. The Bertz CT molecular complexity index is 580.